The van der Waals surface area contributed by atoms with Crippen LogP contribution in [0.4, 0.5) is 0 Å². The zero-order valence-electron chi connectivity index (χ0n) is 12.4. The zero-order chi connectivity index (χ0) is 15.4. The van der Waals surface area contributed by atoms with Gasteiger partial charge < -0.3 is 14.7 Å². The molecule has 0 heterocycles. The molecule has 0 aromatic heterocycles. The van der Waals surface area contributed by atoms with Gasteiger partial charge in [0.15, 0.2) is 0 Å². The number of methoxy groups -OCH3 is 1. The summed E-state index contributed by atoms with van der Waals surface area (Å²) in [7, 11) is 3.37. The van der Waals surface area contributed by atoms with Crippen LogP contribution in [-0.4, -0.2) is 36.0 Å². The van der Waals surface area contributed by atoms with Crippen molar-refractivity contribution in [3.05, 3.63) is 29.8 Å². The summed E-state index contributed by atoms with van der Waals surface area (Å²) < 4.78 is 5.17. The Labute approximate surface area is 124 Å². The predicted octanol–water partition coefficient (Wildman–Crippen LogP) is 2.15. The number of hydrogen-bond acceptors (Lipinski definition) is 3. The standard InChI is InChI=1S/C16H21NO4/c1-17(10-11-4-3-5-14(8-11)21-2)15(18)12-6-7-13(9-12)16(19)20/h3-5,8,12-13H,6-7,9-10H2,1-2H3,(H,19,20). The van der Waals surface area contributed by atoms with Crippen LogP contribution in [-0.2, 0) is 16.1 Å². The summed E-state index contributed by atoms with van der Waals surface area (Å²) in [6.45, 7) is 0.504. The third-order valence-corrected chi connectivity index (χ3v) is 4.06. The SMILES string of the molecule is COc1cccc(CN(C)C(=O)C2CCC(C(=O)O)C2)c1. The van der Waals surface area contributed by atoms with Gasteiger partial charge in [-0.25, -0.2) is 0 Å². The van der Waals surface area contributed by atoms with E-state index in [-0.39, 0.29) is 17.7 Å². The van der Waals surface area contributed by atoms with E-state index in [0.29, 0.717) is 25.8 Å². The van der Waals surface area contributed by atoms with Crippen molar-refractivity contribution in [3.63, 3.8) is 0 Å². The van der Waals surface area contributed by atoms with E-state index in [1.807, 2.05) is 24.3 Å². The summed E-state index contributed by atoms with van der Waals surface area (Å²) in [4.78, 5) is 25.0. The lowest BCUT2D eigenvalue weighted by molar-refractivity contribution is -0.141. The van der Waals surface area contributed by atoms with Crippen LogP contribution in [0.15, 0.2) is 24.3 Å². The van der Waals surface area contributed by atoms with Crippen molar-refractivity contribution in [2.75, 3.05) is 14.2 Å². The molecule has 1 fully saturated rings. The molecule has 1 saturated carbocycles. The van der Waals surface area contributed by atoms with Crippen LogP contribution < -0.4 is 4.74 Å². The van der Waals surface area contributed by atoms with Gasteiger partial charge in [0.25, 0.3) is 0 Å². The molecular formula is C16H21NO4. The Morgan fingerprint density at radius 2 is 2.05 bits per heavy atom. The number of benzene rings is 1. The first-order chi connectivity index (χ1) is 10.0. The second-order valence-corrected chi connectivity index (χ2v) is 5.59. The summed E-state index contributed by atoms with van der Waals surface area (Å²) >= 11 is 0. The third-order valence-electron chi connectivity index (χ3n) is 4.06. The molecule has 1 aromatic carbocycles. The Morgan fingerprint density at radius 3 is 2.67 bits per heavy atom. The van der Waals surface area contributed by atoms with Crippen molar-refractivity contribution in [1.82, 2.24) is 4.90 Å². The number of nitrogens with zero attached hydrogens (tertiary/aromatic N) is 1. The van der Waals surface area contributed by atoms with E-state index in [1.54, 1.807) is 19.1 Å². The molecule has 0 spiro atoms. The van der Waals surface area contributed by atoms with E-state index < -0.39 is 5.97 Å². The van der Waals surface area contributed by atoms with E-state index in [4.69, 9.17) is 9.84 Å². The van der Waals surface area contributed by atoms with Crippen molar-refractivity contribution in [2.24, 2.45) is 11.8 Å². The number of amides is 1. The number of aliphatic carboxylic acids is 1. The zero-order valence-corrected chi connectivity index (χ0v) is 12.4. The van der Waals surface area contributed by atoms with Gasteiger partial charge >= 0.3 is 5.97 Å². The van der Waals surface area contributed by atoms with E-state index in [1.165, 1.54) is 0 Å². The highest BCUT2D eigenvalue weighted by molar-refractivity contribution is 5.80. The van der Waals surface area contributed by atoms with Crippen molar-refractivity contribution in [1.29, 1.82) is 0 Å². The second kappa shape index (κ2) is 6.61. The molecule has 5 nitrogen and oxygen atoms in total. The maximum atomic E-state index is 12.4. The van der Waals surface area contributed by atoms with E-state index in [2.05, 4.69) is 0 Å². The van der Waals surface area contributed by atoms with Crippen molar-refractivity contribution in [2.45, 2.75) is 25.8 Å². The molecule has 0 saturated heterocycles. The Balaban J connectivity index is 1.95. The average molecular weight is 291 g/mol. The topological polar surface area (TPSA) is 66.8 Å². The monoisotopic (exact) mass is 291 g/mol. The molecule has 0 bridgehead atoms. The fourth-order valence-corrected chi connectivity index (χ4v) is 2.86. The van der Waals surface area contributed by atoms with Gasteiger partial charge in [-0.2, -0.15) is 0 Å². The number of carbonyl (C=O) groups excluding carboxylic acids is 1. The minimum atomic E-state index is -0.791. The van der Waals surface area contributed by atoms with Gasteiger partial charge in [0, 0.05) is 19.5 Å². The minimum Gasteiger partial charge on any atom is -0.497 e. The molecule has 114 valence electrons. The molecule has 1 aliphatic carbocycles. The molecule has 5 heteroatoms. The lowest BCUT2D eigenvalue weighted by Crippen LogP contribution is -2.31. The molecule has 1 amide bonds. The third kappa shape index (κ3) is 3.74. The molecule has 1 aliphatic rings. The van der Waals surface area contributed by atoms with Gasteiger partial charge in [-0.05, 0) is 37.0 Å². The van der Waals surface area contributed by atoms with Crippen LogP contribution in [0.3, 0.4) is 0 Å². The quantitative estimate of drug-likeness (QED) is 0.902. The molecular weight excluding hydrogens is 270 g/mol. The van der Waals surface area contributed by atoms with E-state index in [0.717, 1.165) is 11.3 Å². The summed E-state index contributed by atoms with van der Waals surface area (Å²) in [6, 6.07) is 7.60. The molecule has 21 heavy (non-hydrogen) atoms. The number of rotatable bonds is 5. The van der Waals surface area contributed by atoms with Gasteiger partial charge in [0.2, 0.25) is 5.91 Å². The van der Waals surface area contributed by atoms with Crippen LogP contribution in [0.1, 0.15) is 24.8 Å². The molecule has 0 radical (unpaired) electrons. The van der Waals surface area contributed by atoms with Crippen molar-refractivity contribution in [3.8, 4) is 5.75 Å². The van der Waals surface area contributed by atoms with Crippen LogP contribution in [0.2, 0.25) is 0 Å². The minimum absolute atomic E-state index is 0.0292. The van der Waals surface area contributed by atoms with Crippen molar-refractivity contribution >= 4 is 11.9 Å². The molecule has 1 aromatic rings. The van der Waals surface area contributed by atoms with Gasteiger partial charge in [-0.3, -0.25) is 9.59 Å². The lowest BCUT2D eigenvalue weighted by Gasteiger charge is -2.21. The van der Waals surface area contributed by atoms with E-state index in [9.17, 15) is 9.59 Å². The Morgan fingerprint density at radius 1 is 1.33 bits per heavy atom. The fourth-order valence-electron chi connectivity index (χ4n) is 2.86. The maximum absolute atomic E-state index is 12.4. The van der Waals surface area contributed by atoms with Gasteiger partial charge in [0.1, 0.15) is 5.75 Å². The highest BCUT2D eigenvalue weighted by Crippen LogP contribution is 2.32. The number of carboxylic acid groups (broad SMARTS) is 1. The van der Waals surface area contributed by atoms with Crippen LogP contribution in [0.25, 0.3) is 0 Å². The molecule has 1 N–H and O–H groups in total. The second-order valence-electron chi connectivity index (χ2n) is 5.59. The largest absolute Gasteiger partial charge is 0.497 e. The Kier molecular flexibility index (Phi) is 4.83. The van der Waals surface area contributed by atoms with Gasteiger partial charge in [-0.15, -0.1) is 0 Å². The first-order valence-electron chi connectivity index (χ1n) is 7.12. The maximum Gasteiger partial charge on any atom is 0.306 e. The van der Waals surface area contributed by atoms with E-state index >= 15 is 0 Å². The lowest BCUT2D eigenvalue weighted by atomic mass is 10.0. The number of ether oxygens (including phenoxy) is 1. The predicted molar refractivity (Wildman–Crippen MR) is 77.9 cm³/mol. The highest BCUT2D eigenvalue weighted by Gasteiger charge is 2.35. The Hall–Kier alpha value is -2.04. The summed E-state index contributed by atoms with van der Waals surface area (Å²) in [6.07, 6.45) is 1.72. The Bertz CT molecular complexity index is 529. The summed E-state index contributed by atoms with van der Waals surface area (Å²) in [5, 5.41) is 9.01. The molecule has 2 atom stereocenters. The summed E-state index contributed by atoms with van der Waals surface area (Å²) in [5.74, 6) is -0.534. The first kappa shape index (κ1) is 15.4. The normalized spacial score (nSPS) is 21.0. The smallest absolute Gasteiger partial charge is 0.306 e. The van der Waals surface area contributed by atoms with Gasteiger partial charge in [0.05, 0.1) is 13.0 Å². The number of carboxylic acids is 1. The molecule has 0 aliphatic heterocycles. The van der Waals surface area contributed by atoms with Crippen LogP contribution in [0.5, 0.6) is 5.75 Å². The van der Waals surface area contributed by atoms with Crippen LogP contribution >= 0.6 is 0 Å². The van der Waals surface area contributed by atoms with Crippen LogP contribution in [0, 0.1) is 11.8 Å². The first-order valence-corrected chi connectivity index (χ1v) is 7.12. The van der Waals surface area contributed by atoms with Crippen molar-refractivity contribution < 1.29 is 19.4 Å². The average Bonchev–Trinajstić information content (AvgIpc) is 2.96. The summed E-state index contributed by atoms with van der Waals surface area (Å²) in [5.41, 5.74) is 0.998. The number of carbonyl (C=O) groups is 2. The highest BCUT2D eigenvalue weighted by atomic mass is 16.5. The molecule has 2 unspecified atom stereocenters. The fraction of sp³-hybridized carbons (Fsp3) is 0.500. The number of hydrogen-bond donors (Lipinski definition) is 1. The molecule has 2 rings (SSSR count). The van der Waals surface area contributed by atoms with Gasteiger partial charge in [-0.1, -0.05) is 12.1 Å².